The van der Waals surface area contributed by atoms with Crippen molar-refractivity contribution >= 4 is 16.8 Å². The summed E-state index contributed by atoms with van der Waals surface area (Å²) in [4.78, 5) is 17.8. The molecule has 2 aromatic rings. The molecule has 3 heteroatoms. The maximum atomic E-state index is 12.6. The third kappa shape index (κ3) is 1.80. The van der Waals surface area contributed by atoms with Crippen LogP contribution in [0.3, 0.4) is 0 Å². The Morgan fingerprint density at radius 2 is 2.17 bits per heavy atom. The van der Waals surface area contributed by atoms with E-state index in [9.17, 15) is 4.79 Å². The van der Waals surface area contributed by atoms with Crippen LogP contribution in [-0.4, -0.2) is 28.4 Å². The maximum absolute atomic E-state index is 12.6. The summed E-state index contributed by atoms with van der Waals surface area (Å²) in [6, 6.07) is 8.34. The van der Waals surface area contributed by atoms with Gasteiger partial charge in [0.1, 0.15) is 0 Å². The molecule has 1 aliphatic rings. The lowest BCUT2D eigenvalue weighted by Gasteiger charge is -2.33. The van der Waals surface area contributed by atoms with Crippen LogP contribution in [0, 0.1) is 0 Å². The number of aromatic amines is 1. The number of hydrogen-bond donors (Lipinski definition) is 1. The van der Waals surface area contributed by atoms with Crippen LogP contribution in [-0.2, 0) is 0 Å². The first kappa shape index (κ1) is 11.3. The number of rotatable bonds is 1. The predicted molar refractivity (Wildman–Crippen MR) is 72.6 cm³/mol. The lowest BCUT2D eigenvalue weighted by atomic mass is 10.0. The summed E-state index contributed by atoms with van der Waals surface area (Å²) in [5, 5.41) is 1.03. The van der Waals surface area contributed by atoms with Gasteiger partial charge in [0.15, 0.2) is 0 Å². The van der Waals surface area contributed by atoms with Gasteiger partial charge in [-0.15, -0.1) is 0 Å². The molecule has 1 aromatic carbocycles. The van der Waals surface area contributed by atoms with Crippen LogP contribution in [0.25, 0.3) is 10.9 Å². The standard InChI is InChI=1S/C15H18N2O/c1-11-6-4-5-9-17(11)15(18)13-10-16-14-8-3-2-7-12(13)14/h2-3,7-8,10-11,16H,4-6,9H2,1H3. The summed E-state index contributed by atoms with van der Waals surface area (Å²) >= 11 is 0. The molecule has 1 saturated heterocycles. The number of amides is 1. The van der Waals surface area contributed by atoms with Crippen LogP contribution < -0.4 is 0 Å². The number of H-pyrrole nitrogens is 1. The Kier molecular flexibility index (Phi) is 2.82. The predicted octanol–water partition coefficient (Wildman–Crippen LogP) is 3.18. The Morgan fingerprint density at radius 3 is 3.00 bits per heavy atom. The second kappa shape index (κ2) is 4.48. The minimum atomic E-state index is 0.166. The molecular weight excluding hydrogens is 224 g/mol. The van der Waals surface area contributed by atoms with Crippen molar-refractivity contribution in [2.75, 3.05) is 6.54 Å². The summed E-state index contributed by atoms with van der Waals surface area (Å²) in [6.45, 7) is 3.03. The van der Waals surface area contributed by atoms with Gasteiger partial charge >= 0.3 is 0 Å². The van der Waals surface area contributed by atoms with Gasteiger partial charge < -0.3 is 9.88 Å². The number of hydrogen-bond acceptors (Lipinski definition) is 1. The summed E-state index contributed by atoms with van der Waals surface area (Å²) in [6.07, 6.45) is 5.32. The Bertz CT molecular complexity index is 573. The van der Waals surface area contributed by atoms with Crippen molar-refractivity contribution in [3.63, 3.8) is 0 Å². The molecule has 3 rings (SSSR count). The quantitative estimate of drug-likeness (QED) is 0.819. The van der Waals surface area contributed by atoms with Crippen LogP contribution in [0.5, 0.6) is 0 Å². The second-order valence-electron chi connectivity index (χ2n) is 5.09. The highest BCUT2D eigenvalue weighted by atomic mass is 16.2. The lowest BCUT2D eigenvalue weighted by Crippen LogP contribution is -2.41. The summed E-state index contributed by atoms with van der Waals surface area (Å²) in [7, 11) is 0. The monoisotopic (exact) mass is 242 g/mol. The molecule has 1 aromatic heterocycles. The van der Waals surface area contributed by atoms with Gasteiger partial charge in [-0.25, -0.2) is 0 Å². The molecule has 0 aliphatic carbocycles. The molecule has 0 spiro atoms. The summed E-state index contributed by atoms with van der Waals surface area (Å²) in [5.74, 6) is 0.166. The molecular formula is C15H18N2O. The van der Waals surface area contributed by atoms with Gasteiger partial charge in [0.05, 0.1) is 5.56 Å². The fourth-order valence-corrected chi connectivity index (χ4v) is 2.80. The number of para-hydroxylation sites is 1. The van der Waals surface area contributed by atoms with E-state index >= 15 is 0 Å². The first-order valence-electron chi connectivity index (χ1n) is 6.64. The molecule has 1 aliphatic heterocycles. The van der Waals surface area contributed by atoms with Gasteiger partial charge in [0.25, 0.3) is 5.91 Å². The first-order valence-corrected chi connectivity index (χ1v) is 6.64. The molecule has 2 heterocycles. The molecule has 1 amide bonds. The fourth-order valence-electron chi connectivity index (χ4n) is 2.80. The lowest BCUT2D eigenvalue weighted by molar-refractivity contribution is 0.0638. The van der Waals surface area contributed by atoms with Gasteiger partial charge in [0, 0.05) is 29.7 Å². The van der Waals surface area contributed by atoms with Gasteiger partial charge in [-0.3, -0.25) is 4.79 Å². The number of likely N-dealkylation sites (tertiary alicyclic amines) is 1. The van der Waals surface area contributed by atoms with Crippen LogP contribution in [0.1, 0.15) is 36.5 Å². The van der Waals surface area contributed by atoms with Crippen LogP contribution in [0.2, 0.25) is 0 Å². The number of piperidine rings is 1. The molecule has 0 saturated carbocycles. The van der Waals surface area contributed by atoms with Crippen molar-refractivity contribution in [1.82, 2.24) is 9.88 Å². The van der Waals surface area contributed by atoms with Crippen molar-refractivity contribution < 1.29 is 4.79 Å². The highest BCUT2D eigenvalue weighted by Crippen LogP contribution is 2.23. The van der Waals surface area contributed by atoms with Crippen molar-refractivity contribution in [1.29, 1.82) is 0 Å². The third-order valence-electron chi connectivity index (χ3n) is 3.88. The van der Waals surface area contributed by atoms with E-state index in [1.54, 1.807) is 0 Å². The van der Waals surface area contributed by atoms with Gasteiger partial charge in [-0.2, -0.15) is 0 Å². The van der Waals surface area contributed by atoms with Crippen molar-refractivity contribution in [3.8, 4) is 0 Å². The number of carbonyl (C=O) groups is 1. The molecule has 94 valence electrons. The fraction of sp³-hybridized carbons (Fsp3) is 0.400. The molecule has 18 heavy (non-hydrogen) atoms. The van der Waals surface area contributed by atoms with E-state index < -0.39 is 0 Å². The van der Waals surface area contributed by atoms with E-state index in [0.717, 1.165) is 35.9 Å². The molecule has 3 nitrogen and oxygen atoms in total. The van der Waals surface area contributed by atoms with Crippen LogP contribution in [0.15, 0.2) is 30.5 Å². The average molecular weight is 242 g/mol. The number of carbonyl (C=O) groups excluding carboxylic acids is 1. The Balaban J connectivity index is 1.96. The number of fused-ring (bicyclic) bond motifs is 1. The van der Waals surface area contributed by atoms with Gasteiger partial charge in [-0.1, -0.05) is 18.2 Å². The minimum absolute atomic E-state index is 0.166. The normalized spacial score (nSPS) is 20.3. The van der Waals surface area contributed by atoms with E-state index in [2.05, 4.69) is 11.9 Å². The van der Waals surface area contributed by atoms with Gasteiger partial charge in [0.2, 0.25) is 0 Å². The molecule has 1 N–H and O–H groups in total. The van der Waals surface area contributed by atoms with E-state index in [-0.39, 0.29) is 5.91 Å². The largest absolute Gasteiger partial charge is 0.360 e. The highest BCUT2D eigenvalue weighted by molar-refractivity contribution is 6.06. The zero-order valence-corrected chi connectivity index (χ0v) is 10.6. The Morgan fingerprint density at radius 1 is 1.33 bits per heavy atom. The van der Waals surface area contributed by atoms with E-state index in [1.807, 2.05) is 35.4 Å². The van der Waals surface area contributed by atoms with Crippen molar-refractivity contribution in [3.05, 3.63) is 36.0 Å². The number of aromatic nitrogens is 1. The summed E-state index contributed by atoms with van der Waals surface area (Å²) < 4.78 is 0. The number of nitrogens with one attached hydrogen (secondary N) is 1. The minimum Gasteiger partial charge on any atom is -0.360 e. The zero-order chi connectivity index (χ0) is 12.5. The van der Waals surface area contributed by atoms with E-state index in [1.165, 1.54) is 6.42 Å². The molecule has 0 bridgehead atoms. The second-order valence-corrected chi connectivity index (χ2v) is 5.09. The zero-order valence-electron chi connectivity index (χ0n) is 10.6. The number of nitrogens with zero attached hydrogens (tertiary/aromatic N) is 1. The van der Waals surface area contributed by atoms with Gasteiger partial charge in [-0.05, 0) is 32.3 Å². The first-order chi connectivity index (χ1) is 8.77. The van der Waals surface area contributed by atoms with Crippen LogP contribution in [0.4, 0.5) is 0 Å². The maximum Gasteiger partial charge on any atom is 0.256 e. The molecule has 1 unspecified atom stereocenters. The van der Waals surface area contributed by atoms with E-state index in [0.29, 0.717) is 6.04 Å². The van der Waals surface area contributed by atoms with Crippen molar-refractivity contribution in [2.24, 2.45) is 0 Å². The Hall–Kier alpha value is -1.77. The summed E-state index contributed by atoms with van der Waals surface area (Å²) in [5.41, 5.74) is 1.84. The topological polar surface area (TPSA) is 36.1 Å². The smallest absolute Gasteiger partial charge is 0.256 e. The number of benzene rings is 1. The van der Waals surface area contributed by atoms with Crippen LogP contribution >= 0.6 is 0 Å². The van der Waals surface area contributed by atoms with Crippen molar-refractivity contribution in [2.45, 2.75) is 32.2 Å². The molecule has 1 atom stereocenters. The average Bonchev–Trinajstić information content (AvgIpc) is 2.82. The Labute approximate surface area is 107 Å². The molecule has 1 fully saturated rings. The highest BCUT2D eigenvalue weighted by Gasteiger charge is 2.25. The van der Waals surface area contributed by atoms with E-state index in [4.69, 9.17) is 0 Å². The SMILES string of the molecule is CC1CCCCN1C(=O)c1c[nH]c2ccccc12. The molecule has 0 radical (unpaired) electrons. The third-order valence-corrected chi connectivity index (χ3v) is 3.88.